The Morgan fingerprint density at radius 3 is 2.81 bits per heavy atom. The first-order chi connectivity index (χ1) is 13.2. The number of nitrogens with zero attached hydrogens (tertiary/aromatic N) is 4. The minimum absolute atomic E-state index is 0.0223. The standard InChI is InChI=1S/C20H18FN5O/c1-13-3-2-4-19(24-13)20-17(11-22-25-20)14-5-6-18(21)16(9-14)15-10-23-26(12-15)7-8-27/h2-6,9-12,27H,7-8H2,1H3,(H,22,25). The van der Waals surface area contributed by atoms with Gasteiger partial charge in [-0.2, -0.15) is 10.2 Å². The van der Waals surface area contributed by atoms with E-state index >= 15 is 0 Å². The number of pyridine rings is 1. The van der Waals surface area contributed by atoms with Crippen LogP contribution in [0.5, 0.6) is 0 Å². The third-order valence-electron chi connectivity index (χ3n) is 4.33. The Hall–Kier alpha value is -3.32. The van der Waals surface area contributed by atoms with Gasteiger partial charge < -0.3 is 5.11 Å². The maximum Gasteiger partial charge on any atom is 0.131 e. The summed E-state index contributed by atoms with van der Waals surface area (Å²) in [6.07, 6.45) is 5.03. The zero-order valence-electron chi connectivity index (χ0n) is 14.7. The molecule has 0 aliphatic heterocycles. The number of aliphatic hydroxyl groups excluding tert-OH is 1. The van der Waals surface area contributed by atoms with E-state index in [4.69, 9.17) is 5.11 Å². The van der Waals surface area contributed by atoms with Gasteiger partial charge in [-0.05, 0) is 36.8 Å². The smallest absolute Gasteiger partial charge is 0.131 e. The number of aromatic amines is 1. The Morgan fingerprint density at radius 2 is 2.00 bits per heavy atom. The summed E-state index contributed by atoms with van der Waals surface area (Å²) in [5, 5.41) is 20.3. The third kappa shape index (κ3) is 3.37. The topological polar surface area (TPSA) is 79.6 Å². The number of hydrogen-bond acceptors (Lipinski definition) is 4. The van der Waals surface area contributed by atoms with Gasteiger partial charge in [0.1, 0.15) is 5.82 Å². The van der Waals surface area contributed by atoms with Crippen molar-refractivity contribution in [1.82, 2.24) is 25.0 Å². The lowest BCUT2D eigenvalue weighted by Gasteiger charge is -2.07. The molecule has 0 fully saturated rings. The molecular weight excluding hydrogens is 345 g/mol. The molecule has 0 atom stereocenters. The van der Waals surface area contributed by atoms with Crippen molar-refractivity contribution < 1.29 is 9.50 Å². The Labute approximate surface area is 155 Å². The summed E-state index contributed by atoms with van der Waals surface area (Å²) in [6, 6.07) is 10.7. The molecule has 0 aliphatic carbocycles. The lowest BCUT2D eigenvalue weighted by Crippen LogP contribution is -2.01. The van der Waals surface area contributed by atoms with E-state index in [1.807, 2.05) is 25.1 Å². The van der Waals surface area contributed by atoms with E-state index in [9.17, 15) is 4.39 Å². The van der Waals surface area contributed by atoms with Crippen molar-refractivity contribution in [3.8, 4) is 33.6 Å². The number of nitrogens with one attached hydrogen (secondary N) is 1. The van der Waals surface area contributed by atoms with Gasteiger partial charge in [-0.3, -0.25) is 14.8 Å². The minimum atomic E-state index is -0.332. The molecule has 0 spiro atoms. The molecule has 0 amide bonds. The van der Waals surface area contributed by atoms with Gasteiger partial charge in [0, 0.05) is 28.6 Å². The predicted molar refractivity (Wildman–Crippen MR) is 100 cm³/mol. The van der Waals surface area contributed by atoms with E-state index < -0.39 is 0 Å². The molecule has 0 saturated heterocycles. The maximum atomic E-state index is 14.4. The zero-order chi connectivity index (χ0) is 18.8. The number of H-pyrrole nitrogens is 1. The molecule has 3 aromatic heterocycles. The average molecular weight is 363 g/mol. The van der Waals surface area contributed by atoms with E-state index in [2.05, 4.69) is 20.3 Å². The number of hydrogen-bond donors (Lipinski definition) is 2. The summed E-state index contributed by atoms with van der Waals surface area (Å²) < 4.78 is 16.0. The van der Waals surface area contributed by atoms with E-state index in [1.54, 1.807) is 35.4 Å². The first-order valence-electron chi connectivity index (χ1n) is 8.56. The number of benzene rings is 1. The Kier molecular flexibility index (Phi) is 4.52. The van der Waals surface area contributed by atoms with Crippen LogP contribution in [0.4, 0.5) is 4.39 Å². The van der Waals surface area contributed by atoms with Crippen LogP contribution in [0, 0.1) is 12.7 Å². The van der Waals surface area contributed by atoms with Gasteiger partial charge in [0.2, 0.25) is 0 Å². The fraction of sp³-hybridized carbons (Fsp3) is 0.150. The monoisotopic (exact) mass is 363 g/mol. The zero-order valence-corrected chi connectivity index (χ0v) is 14.7. The SMILES string of the molecule is Cc1cccc(-c2[nH]ncc2-c2ccc(F)c(-c3cnn(CCO)c3)c2)n1. The third-order valence-corrected chi connectivity index (χ3v) is 4.33. The van der Waals surface area contributed by atoms with Crippen molar-refractivity contribution in [2.24, 2.45) is 0 Å². The molecule has 0 bridgehead atoms. The van der Waals surface area contributed by atoms with Gasteiger partial charge >= 0.3 is 0 Å². The molecule has 0 aliphatic rings. The maximum absolute atomic E-state index is 14.4. The van der Waals surface area contributed by atoms with Crippen molar-refractivity contribution in [3.63, 3.8) is 0 Å². The van der Waals surface area contributed by atoms with Crippen LogP contribution in [0.1, 0.15) is 5.69 Å². The molecule has 6 nitrogen and oxygen atoms in total. The fourth-order valence-corrected chi connectivity index (χ4v) is 3.02. The first kappa shape index (κ1) is 17.1. The number of aromatic nitrogens is 5. The van der Waals surface area contributed by atoms with Gasteiger partial charge in [-0.15, -0.1) is 0 Å². The Bertz CT molecular complexity index is 1090. The molecule has 1 aromatic carbocycles. The molecule has 2 N–H and O–H groups in total. The Morgan fingerprint density at radius 1 is 1.11 bits per heavy atom. The quantitative estimate of drug-likeness (QED) is 0.569. The highest BCUT2D eigenvalue weighted by Crippen LogP contribution is 2.33. The molecule has 27 heavy (non-hydrogen) atoms. The summed E-state index contributed by atoms with van der Waals surface area (Å²) >= 11 is 0. The first-order valence-corrected chi connectivity index (χ1v) is 8.56. The fourth-order valence-electron chi connectivity index (χ4n) is 3.02. The minimum Gasteiger partial charge on any atom is -0.394 e. The molecule has 0 saturated carbocycles. The van der Waals surface area contributed by atoms with E-state index in [1.165, 1.54) is 6.07 Å². The summed E-state index contributed by atoms with van der Waals surface area (Å²) in [4.78, 5) is 4.54. The Balaban J connectivity index is 1.77. The largest absolute Gasteiger partial charge is 0.394 e. The van der Waals surface area contributed by atoms with Gasteiger partial charge in [0.05, 0.1) is 36.9 Å². The molecule has 136 valence electrons. The van der Waals surface area contributed by atoms with Gasteiger partial charge in [0.15, 0.2) is 0 Å². The normalized spacial score (nSPS) is 11.1. The van der Waals surface area contributed by atoms with Crippen LogP contribution >= 0.6 is 0 Å². The van der Waals surface area contributed by atoms with Crippen molar-refractivity contribution >= 4 is 0 Å². The van der Waals surface area contributed by atoms with Crippen LogP contribution in [-0.2, 0) is 6.54 Å². The summed E-state index contributed by atoms with van der Waals surface area (Å²) in [5.41, 5.74) is 5.24. The highest BCUT2D eigenvalue weighted by Gasteiger charge is 2.15. The van der Waals surface area contributed by atoms with Gasteiger partial charge in [-0.25, -0.2) is 4.39 Å². The lowest BCUT2D eigenvalue weighted by atomic mass is 9.99. The van der Waals surface area contributed by atoms with E-state index in [0.717, 1.165) is 28.2 Å². The number of aryl methyl sites for hydroxylation is 1. The lowest BCUT2D eigenvalue weighted by molar-refractivity contribution is 0.269. The molecule has 4 aromatic rings. The van der Waals surface area contributed by atoms with Crippen molar-refractivity contribution in [3.05, 3.63) is 66.5 Å². The van der Waals surface area contributed by atoms with Crippen LogP contribution < -0.4 is 0 Å². The second-order valence-electron chi connectivity index (χ2n) is 6.23. The molecular formula is C20H18FN5O. The predicted octanol–water partition coefficient (Wildman–Crippen LogP) is 3.44. The van der Waals surface area contributed by atoms with Gasteiger partial charge in [0.25, 0.3) is 0 Å². The molecule has 0 radical (unpaired) electrons. The van der Waals surface area contributed by atoms with Crippen molar-refractivity contribution in [2.75, 3.05) is 6.61 Å². The van der Waals surface area contributed by atoms with Crippen LogP contribution in [0.3, 0.4) is 0 Å². The summed E-state index contributed by atoms with van der Waals surface area (Å²) in [7, 11) is 0. The van der Waals surface area contributed by atoms with Crippen LogP contribution in [0.2, 0.25) is 0 Å². The van der Waals surface area contributed by atoms with Crippen LogP contribution in [0.25, 0.3) is 33.6 Å². The van der Waals surface area contributed by atoms with E-state index in [-0.39, 0.29) is 12.4 Å². The van der Waals surface area contributed by atoms with Gasteiger partial charge in [-0.1, -0.05) is 12.1 Å². The summed E-state index contributed by atoms with van der Waals surface area (Å²) in [6.45, 7) is 2.28. The number of halogens is 1. The average Bonchev–Trinajstić information content (AvgIpc) is 3.32. The second kappa shape index (κ2) is 7.13. The molecule has 0 unspecified atom stereocenters. The number of rotatable bonds is 5. The highest BCUT2D eigenvalue weighted by molar-refractivity contribution is 5.81. The molecule has 4 rings (SSSR count). The van der Waals surface area contributed by atoms with Crippen LogP contribution in [-0.4, -0.2) is 36.7 Å². The molecule has 3 heterocycles. The highest BCUT2D eigenvalue weighted by atomic mass is 19.1. The van der Waals surface area contributed by atoms with Crippen molar-refractivity contribution in [2.45, 2.75) is 13.5 Å². The number of aliphatic hydroxyl groups is 1. The second-order valence-corrected chi connectivity index (χ2v) is 6.23. The summed E-state index contributed by atoms with van der Waals surface area (Å²) in [5.74, 6) is -0.332. The molecule has 7 heteroatoms. The van der Waals surface area contributed by atoms with Crippen LogP contribution in [0.15, 0.2) is 55.0 Å². The van der Waals surface area contributed by atoms with E-state index in [0.29, 0.717) is 17.7 Å². The van der Waals surface area contributed by atoms with Crippen molar-refractivity contribution in [1.29, 1.82) is 0 Å².